The molecule has 1 aromatic carbocycles. The fourth-order valence-electron chi connectivity index (χ4n) is 1.47. The van der Waals surface area contributed by atoms with E-state index in [1.54, 1.807) is 32.4 Å². The lowest BCUT2D eigenvalue weighted by molar-refractivity contribution is 0.385. The summed E-state index contributed by atoms with van der Waals surface area (Å²) in [5.41, 5.74) is 11.1. The highest BCUT2D eigenvalue weighted by atomic mass is 16.5. The molecule has 100 valence electrons. The molecule has 4 N–H and O–H groups in total. The number of nitrogen functional groups attached to an aromatic ring is 2. The van der Waals surface area contributed by atoms with Gasteiger partial charge < -0.3 is 25.7 Å². The van der Waals surface area contributed by atoms with E-state index >= 15 is 0 Å². The predicted octanol–water partition coefficient (Wildman–Crippen LogP) is 1.45. The highest BCUT2D eigenvalue weighted by Crippen LogP contribution is 2.30. The normalized spacial score (nSPS) is 10.0. The molecule has 0 unspecified atom stereocenters. The number of rotatable bonds is 4. The Morgan fingerprint density at radius 2 is 1.42 bits per heavy atom. The Morgan fingerprint density at radius 3 is 1.95 bits per heavy atom. The highest BCUT2D eigenvalue weighted by molar-refractivity contribution is 5.45. The van der Waals surface area contributed by atoms with Gasteiger partial charge in [0.25, 0.3) is 0 Å². The summed E-state index contributed by atoms with van der Waals surface area (Å²) in [6.45, 7) is 0. The van der Waals surface area contributed by atoms with E-state index in [0.717, 1.165) is 0 Å². The summed E-state index contributed by atoms with van der Waals surface area (Å²) in [6, 6.07) is 6.59. The average Bonchev–Trinajstić information content (AvgIpc) is 2.37. The summed E-state index contributed by atoms with van der Waals surface area (Å²) < 4.78 is 15.8. The van der Waals surface area contributed by atoms with Crippen molar-refractivity contribution in [2.24, 2.45) is 0 Å². The maximum Gasteiger partial charge on any atom is 0.226 e. The van der Waals surface area contributed by atoms with E-state index in [1.807, 2.05) is 0 Å². The fourth-order valence-corrected chi connectivity index (χ4v) is 1.47. The third-order valence-corrected chi connectivity index (χ3v) is 2.29. The van der Waals surface area contributed by atoms with E-state index < -0.39 is 0 Å². The largest absolute Gasteiger partial charge is 0.496 e. The van der Waals surface area contributed by atoms with Gasteiger partial charge >= 0.3 is 0 Å². The summed E-state index contributed by atoms with van der Waals surface area (Å²) in [5.74, 6) is 2.23. The molecule has 0 saturated carbocycles. The van der Waals surface area contributed by atoms with Gasteiger partial charge in [0.05, 0.1) is 14.2 Å². The molecular weight excluding hydrogens is 248 g/mol. The van der Waals surface area contributed by atoms with Gasteiger partial charge in [-0.15, -0.1) is 0 Å². The molecule has 0 aliphatic heterocycles. The van der Waals surface area contributed by atoms with Crippen molar-refractivity contribution in [3.63, 3.8) is 0 Å². The first-order chi connectivity index (χ1) is 9.10. The van der Waals surface area contributed by atoms with Gasteiger partial charge in [0.1, 0.15) is 23.1 Å². The Bertz CT molecular complexity index is 547. The second kappa shape index (κ2) is 5.30. The van der Waals surface area contributed by atoms with Crippen molar-refractivity contribution in [1.29, 1.82) is 0 Å². The molecule has 0 saturated heterocycles. The van der Waals surface area contributed by atoms with E-state index in [-0.39, 0.29) is 17.6 Å². The first kappa shape index (κ1) is 12.7. The molecule has 0 radical (unpaired) electrons. The second-order valence-corrected chi connectivity index (χ2v) is 3.64. The number of benzene rings is 1. The topological polar surface area (TPSA) is 106 Å². The van der Waals surface area contributed by atoms with Gasteiger partial charge in [-0.2, -0.15) is 9.97 Å². The van der Waals surface area contributed by atoms with E-state index in [4.69, 9.17) is 25.7 Å². The number of nitrogens with two attached hydrogens (primary N) is 2. The summed E-state index contributed by atoms with van der Waals surface area (Å²) in [6.07, 6.45) is 0. The average molecular weight is 262 g/mol. The number of hydrogen-bond acceptors (Lipinski definition) is 7. The van der Waals surface area contributed by atoms with Gasteiger partial charge in [-0.1, -0.05) is 0 Å². The van der Waals surface area contributed by atoms with Gasteiger partial charge in [-0.25, -0.2) is 0 Å². The zero-order valence-corrected chi connectivity index (χ0v) is 10.6. The lowest BCUT2D eigenvalue weighted by Gasteiger charge is -2.09. The van der Waals surface area contributed by atoms with Crippen LogP contribution in [0.4, 0.5) is 11.8 Å². The zero-order valence-electron chi connectivity index (χ0n) is 10.6. The molecule has 7 heteroatoms. The first-order valence-corrected chi connectivity index (χ1v) is 5.41. The van der Waals surface area contributed by atoms with Crippen molar-refractivity contribution in [3.8, 4) is 23.1 Å². The van der Waals surface area contributed by atoms with E-state index in [1.165, 1.54) is 6.07 Å². The molecule has 1 aromatic heterocycles. The van der Waals surface area contributed by atoms with Gasteiger partial charge in [-0.05, 0) is 0 Å². The summed E-state index contributed by atoms with van der Waals surface area (Å²) in [7, 11) is 3.11. The van der Waals surface area contributed by atoms with Crippen LogP contribution in [-0.4, -0.2) is 24.2 Å². The van der Waals surface area contributed by atoms with Crippen LogP contribution in [0.3, 0.4) is 0 Å². The summed E-state index contributed by atoms with van der Waals surface area (Å²) in [4.78, 5) is 7.68. The third-order valence-electron chi connectivity index (χ3n) is 2.29. The minimum Gasteiger partial charge on any atom is -0.496 e. The SMILES string of the molecule is COc1cc(OC)cc(Oc2cc(N)nc(N)n2)c1. The van der Waals surface area contributed by atoms with Gasteiger partial charge in [0.2, 0.25) is 11.8 Å². The minimum atomic E-state index is 0.0462. The smallest absolute Gasteiger partial charge is 0.226 e. The van der Waals surface area contributed by atoms with E-state index in [0.29, 0.717) is 17.2 Å². The molecule has 0 aliphatic carbocycles. The van der Waals surface area contributed by atoms with Crippen LogP contribution in [0.2, 0.25) is 0 Å². The number of nitrogens with zero attached hydrogens (tertiary/aromatic N) is 2. The van der Waals surface area contributed by atoms with Crippen LogP contribution in [-0.2, 0) is 0 Å². The molecule has 0 amide bonds. The maximum absolute atomic E-state index is 5.56. The Hall–Kier alpha value is -2.70. The molecule has 2 aromatic rings. The fraction of sp³-hybridized carbons (Fsp3) is 0.167. The number of aromatic nitrogens is 2. The molecule has 2 rings (SSSR count). The van der Waals surface area contributed by atoms with E-state index in [2.05, 4.69) is 9.97 Å². The van der Waals surface area contributed by atoms with Crippen molar-refractivity contribution in [2.45, 2.75) is 0 Å². The highest BCUT2D eigenvalue weighted by Gasteiger charge is 2.06. The second-order valence-electron chi connectivity index (χ2n) is 3.64. The minimum absolute atomic E-state index is 0.0462. The van der Waals surface area contributed by atoms with Crippen LogP contribution in [0.1, 0.15) is 0 Å². The van der Waals surface area contributed by atoms with Crippen molar-refractivity contribution >= 4 is 11.8 Å². The number of anilines is 2. The molecular formula is C12H14N4O3. The van der Waals surface area contributed by atoms with Gasteiger partial charge in [-0.3, -0.25) is 0 Å². The molecule has 19 heavy (non-hydrogen) atoms. The van der Waals surface area contributed by atoms with Gasteiger partial charge in [0.15, 0.2) is 0 Å². The van der Waals surface area contributed by atoms with Crippen LogP contribution in [0.15, 0.2) is 24.3 Å². The molecule has 0 aliphatic rings. The molecule has 0 spiro atoms. The quantitative estimate of drug-likeness (QED) is 0.858. The van der Waals surface area contributed by atoms with Crippen LogP contribution in [0.25, 0.3) is 0 Å². The van der Waals surface area contributed by atoms with Crippen LogP contribution < -0.4 is 25.7 Å². The molecule has 0 bridgehead atoms. The first-order valence-electron chi connectivity index (χ1n) is 5.41. The Labute approximate surface area is 110 Å². The number of ether oxygens (including phenoxy) is 3. The summed E-state index contributed by atoms with van der Waals surface area (Å²) >= 11 is 0. The standard InChI is InChI=1S/C12H14N4O3/c1-17-7-3-8(18-2)5-9(4-7)19-11-6-10(13)15-12(14)16-11/h3-6H,1-2H3,(H4,13,14,15,16). The third kappa shape index (κ3) is 3.15. The molecule has 1 heterocycles. The maximum atomic E-state index is 5.56. The molecule has 0 fully saturated rings. The monoisotopic (exact) mass is 262 g/mol. The van der Waals surface area contributed by atoms with Crippen LogP contribution >= 0.6 is 0 Å². The van der Waals surface area contributed by atoms with Crippen molar-refractivity contribution in [2.75, 3.05) is 25.7 Å². The molecule has 7 nitrogen and oxygen atoms in total. The number of hydrogen-bond donors (Lipinski definition) is 2. The van der Waals surface area contributed by atoms with Crippen molar-refractivity contribution in [1.82, 2.24) is 9.97 Å². The Morgan fingerprint density at radius 1 is 0.842 bits per heavy atom. The van der Waals surface area contributed by atoms with Crippen molar-refractivity contribution < 1.29 is 14.2 Å². The molecule has 0 atom stereocenters. The lowest BCUT2D eigenvalue weighted by Crippen LogP contribution is -2.01. The Balaban J connectivity index is 2.31. The predicted molar refractivity (Wildman–Crippen MR) is 70.5 cm³/mol. The van der Waals surface area contributed by atoms with Crippen molar-refractivity contribution in [3.05, 3.63) is 24.3 Å². The lowest BCUT2D eigenvalue weighted by atomic mass is 10.3. The van der Waals surface area contributed by atoms with Crippen LogP contribution in [0.5, 0.6) is 23.1 Å². The summed E-state index contributed by atoms with van der Waals surface area (Å²) in [5, 5.41) is 0. The van der Waals surface area contributed by atoms with E-state index in [9.17, 15) is 0 Å². The van der Waals surface area contributed by atoms with Gasteiger partial charge in [0, 0.05) is 24.3 Å². The van der Waals surface area contributed by atoms with Crippen LogP contribution in [0, 0.1) is 0 Å². The zero-order chi connectivity index (χ0) is 13.8. The number of methoxy groups -OCH3 is 2. The Kier molecular flexibility index (Phi) is 3.56.